The van der Waals surface area contributed by atoms with Gasteiger partial charge >= 0.3 is 5.69 Å². The van der Waals surface area contributed by atoms with Crippen molar-refractivity contribution in [1.82, 2.24) is 14.5 Å². The fourth-order valence-electron chi connectivity index (χ4n) is 1.74. The Hall–Kier alpha value is -1.03. The number of likely N-dealkylation sites (N-methyl/N-ethyl adjacent to an activating group) is 1. The molecule has 1 aromatic rings. The topological polar surface area (TPSA) is 39.0 Å². The molecular weight excluding hydrogens is 202 g/mol. The summed E-state index contributed by atoms with van der Waals surface area (Å²) < 4.78 is 3.37. The zero-order chi connectivity index (χ0) is 12.3. The lowest BCUT2D eigenvalue weighted by molar-refractivity contribution is 0.243. The Bertz CT molecular complexity index is 384. The van der Waals surface area contributed by atoms with Crippen LogP contribution in [-0.2, 0) is 13.6 Å². The van der Waals surface area contributed by atoms with Crippen LogP contribution in [-0.4, -0.2) is 21.7 Å². The smallest absolute Gasteiger partial charge is 0.312 e. The first-order chi connectivity index (χ1) is 7.36. The molecule has 0 aliphatic carbocycles. The van der Waals surface area contributed by atoms with Crippen LogP contribution >= 0.6 is 0 Å². The second kappa shape index (κ2) is 4.87. The zero-order valence-corrected chi connectivity index (χ0v) is 10.9. The minimum Gasteiger partial charge on any atom is -0.312 e. The van der Waals surface area contributed by atoms with Gasteiger partial charge in [0.1, 0.15) is 0 Å². The largest absolute Gasteiger partial charge is 0.327 e. The fraction of sp³-hybridized carbons (Fsp3) is 0.750. The second-order valence-corrected chi connectivity index (χ2v) is 5.32. The minimum atomic E-state index is 0.0483. The predicted molar refractivity (Wildman–Crippen MR) is 66.6 cm³/mol. The van der Waals surface area contributed by atoms with Crippen LogP contribution in [0.3, 0.4) is 0 Å². The average Bonchev–Trinajstić information content (AvgIpc) is 2.47. The number of hydrogen-bond acceptors (Lipinski definition) is 2. The number of aromatic nitrogens is 2. The van der Waals surface area contributed by atoms with Crippen molar-refractivity contribution in [2.75, 3.05) is 6.54 Å². The molecule has 0 saturated heterocycles. The van der Waals surface area contributed by atoms with E-state index in [1.165, 1.54) is 0 Å². The summed E-state index contributed by atoms with van der Waals surface area (Å²) in [6.45, 7) is 10.3. The first kappa shape index (κ1) is 13.0. The summed E-state index contributed by atoms with van der Waals surface area (Å²) in [5.41, 5.74) is 0.192. The molecule has 0 aliphatic heterocycles. The van der Waals surface area contributed by atoms with E-state index in [4.69, 9.17) is 0 Å². The van der Waals surface area contributed by atoms with E-state index in [0.717, 1.165) is 13.1 Å². The minimum absolute atomic E-state index is 0.0483. The standard InChI is InChI=1S/C12H23N3O/c1-6-13-10(12(2,3)4)9-15-8-7-14(5)11(15)16/h7-8,10,13H,6,9H2,1-5H3. The van der Waals surface area contributed by atoms with Gasteiger partial charge in [-0.2, -0.15) is 0 Å². The third-order valence-electron chi connectivity index (χ3n) is 2.89. The van der Waals surface area contributed by atoms with E-state index in [9.17, 15) is 4.79 Å². The van der Waals surface area contributed by atoms with Gasteiger partial charge in [-0.25, -0.2) is 4.79 Å². The van der Waals surface area contributed by atoms with Gasteiger partial charge in [0.15, 0.2) is 0 Å². The van der Waals surface area contributed by atoms with Crippen molar-refractivity contribution >= 4 is 0 Å². The molecule has 0 spiro atoms. The monoisotopic (exact) mass is 225 g/mol. The van der Waals surface area contributed by atoms with Gasteiger partial charge in [-0.1, -0.05) is 27.7 Å². The lowest BCUT2D eigenvalue weighted by atomic mass is 9.86. The molecule has 1 rings (SSSR count). The van der Waals surface area contributed by atoms with Crippen molar-refractivity contribution in [3.63, 3.8) is 0 Å². The molecule has 4 nitrogen and oxygen atoms in total. The maximum Gasteiger partial charge on any atom is 0.327 e. The molecule has 0 amide bonds. The van der Waals surface area contributed by atoms with Crippen molar-refractivity contribution in [2.45, 2.75) is 40.3 Å². The van der Waals surface area contributed by atoms with Crippen LogP contribution in [0.2, 0.25) is 0 Å². The zero-order valence-electron chi connectivity index (χ0n) is 10.9. The Balaban J connectivity index is 2.84. The molecule has 92 valence electrons. The molecule has 0 fully saturated rings. The van der Waals surface area contributed by atoms with Gasteiger partial charge in [-0.3, -0.25) is 4.57 Å². The predicted octanol–water partition coefficient (Wildman–Crippen LogP) is 1.21. The summed E-state index contributed by atoms with van der Waals surface area (Å²) in [5.74, 6) is 0. The van der Waals surface area contributed by atoms with Gasteiger partial charge in [-0.05, 0) is 12.0 Å². The normalized spacial score (nSPS) is 14.1. The summed E-state index contributed by atoms with van der Waals surface area (Å²) in [6.07, 6.45) is 3.65. The Morgan fingerprint density at radius 1 is 1.38 bits per heavy atom. The SMILES string of the molecule is CCNC(Cn1ccn(C)c1=O)C(C)(C)C. The van der Waals surface area contributed by atoms with Crippen LogP contribution in [0.1, 0.15) is 27.7 Å². The second-order valence-electron chi connectivity index (χ2n) is 5.32. The Morgan fingerprint density at radius 2 is 2.00 bits per heavy atom. The summed E-state index contributed by atoms with van der Waals surface area (Å²) in [4.78, 5) is 11.7. The molecule has 0 aromatic carbocycles. The van der Waals surface area contributed by atoms with Gasteiger partial charge in [0, 0.05) is 32.0 Å². The van der Waals surface area contributed by atoms with Crippen LogP contribution in [0.5, 0.6) is 0 Å². The lowest BCUT2D eigenvalue weighted by Gasteiger charge is -2.31. The first-order valence-electron chi connectivity index (χ1n) is 5.81. The molecule has 1 atom stereocenters. The highest BCUT2D eigenvalue weighted by atomic mass is 16.1. The summed E-state index contributed by atoms with van der Waals surface area (Å²) in [5, 5.41) is 3.44. The van der Waals surface area contributed by atoms with E-state index < -0.39 is 0 Å². The number of imidazole rings is 1. The van der Waals surface area contributed by atoms with Crippen molar-refractivity contribution in [3.05, 3.63) is 22.9 Å². The molecule has 1 unspecified atom stereocenters. The number of rotatable bonds is 4. The van der Waals surface area contributed by atoms with Gasteiger partial charge in [0.2, 0.25) is 0 Å². The third kappa shape index (κ3) is 2.98. The molecule has 1 heterocycles. The third-order valence-corrected chi connectivity index (χ3v) is 2.89. The molecule has 16 heavy (non-hydrogen) atoms. The van der Waals surface area contributed by atoms with Crippen molar-refractivity contribution in [1.29, 1.82) is 0 Å². The van der Waals surface area contributed by atoms with Gasteiger partial charge in [-0.15, -0.1) is 0 Å². The molecule has 4 heteroatoms. The Labute approximate surface area is 97.3 Å². The van der Waals surface area contributed by atoms with Gasteiger partial charge < -0.3 is 9.88 Å². The van der Waals surface area contributed by atoms with E-state index in [1.807, 2.05) is 6.20 Å². The highest BCUT2D eigenvalue weighted by molar-refractivity contribution is 4.86. The summed E-state index contributed by atoms with van der Waals surface area (Å²) in [7, 11) is 1.78. The lowest BCUT2D eigenvalue weighted by Crippen LogP contribution is -2.45. The van der Waals surface area contributed by atoms with Crippen molar-refractivity contribution in [3.8, 4) is 0 Å². The average molecular weight is 225 g/mol. The van der Waals surface area contributed by atoms with Crippen molar-refractivity contribution < 1.29 is 0 Å². The Kier molecular flexibility index (Phi) is 3.97. The number of nitrogens with one attached hydrogen (secondary N) is 1. The highest BCUT2D eigenvalue weighted by Gasteiger charge is 2.24. The molecule has 0 saturated carbocycles. The maximum absolute atomic E-state index is 11.7. The summed E-state index contributed by atoms with van der Waals surface area (Å²) in [6, 6.07) is 0.303. The number of nitrogens with zero attached hydrogens (tertiary/aromatic N) is 2. The van der Waals surface area contributed by atoms with Crippen LogP contribution < -0.4 is 11.0 Å². The molecular formula is C12H23N3O. The first-order valence-corrected chi connectivity index (χ1v) is 5.81. The number of hydrogen-bond donors (Lipinski definition) is 1. The molecule has 0 aliphatic rings. The highest BCUT2D eigenvalue weighted by Crippen LogP contribution is 2.20. The van der Waals surface area contributed by atoms with E-state index in [-0.39, 0.29) is 11.1 Å². The molecule has 1 N–H and O–H groups in total. The van der Waals surface area contributed by atoms with Crippen LogP contribution in [0, 0.1) is 5.41 Å². The molecule has 0 bridgehead atoms. The van der Waals surface area contributed by atoms with E-state index in [0.29, 0.717) is 6.04 Å². The van der Waals surface area contributed by atoms with E-state index in [2.05, 4.69) is 33.0 Å². The quantitative estimate of drug-likeness (QED) is 0.836. The van der Waals surface area contributed by atoms with Gasteiger partial charge in [0.25, 0.3) is 0 Å². The van der Waals surface area contributed by atoms with Crippen LogP contribution in [0.25, 0.3) is 0 Å². The van der Waals surface area contributed by atoms with E-state index in [1.54, 1.807) is 22.4 Å². The van der Waals surface area contributed by atoms with Gasteiger partial charge in [0.05, 0.1) is 0 Å². The molecule has 1 aromatic heterocycles. The van der Waals surface area contributed by atoms with Crippen LogP contribution in [0.15, 0.2) is 17.2 Å². The van der Waals surface area contributed by atoms with Crippen LogP contribution in [0.4, 0.5) is 0 Å². The van der Waals surface area contributed by atoms with E-state index >= 15 is 0 Å². The summed E-state index contributed by atoms with van der Waals surface area (Å²) >= 11 is 0. The fourth-order valence-corrected chi connectivity index (χ4v) is 1.74. The number of aryl methyl sites for hydroxylation is 1. The maximum atomic E-state index is 11.7. The van der Waals surface area contributed by atoms with Crippen molar-refractivity contribution in [2.24, 2.45) is 12.5 Å². The Morgan fingerprint density at radius 3 is 2.38 bits per heavy atom. The molecule has 0 radical (unpaired) electrons.